The van der Waals surface area contributed by atoms with Crippen molar-refractivity contribution < 1.29 is 9.84 Å². The van der Waals surface area contributed by atoms with Gasteiger partial charge in [0.15, 0.2) is 0 Å². The lowest BCUT2D eigenvalue weighted by molar-refractivity contribution is 0.201. The van der Waals surface area contributed by atoms with E-state index in [4.69, 9.17) is 10.5 Å². The Hall–Kier alpha value is -1.80. The van der Waals surface area contributed by atoms with Crippen LogP contribution in [0.4, 0.5) is 0 Å². The highest BCUT2D eigenvalue weighted by Gasteiger charge is 2.16. The molecule has 0 saturated carbocycles. The first kappa shape index (κ1) is 18.5. The molecular formula is C20H25NO2S. The van der Waals surface area contributed by atoms with E-state index in [0.29, 0.717) is 13.0 Å². The Kier molecular flexibility index (Phi) is 6.86. The zero-order valence-corrected chi connectivity index (χ0v) is 15.2. The van der Waals surface area contributed by atoms with Gasteiger partial charge in [0.05, 0.1) is 18.1 Å². The van der Waals surface area contributed by atoms with Gasteiger partial charge in [0.1, 0.15) is 5.75 Å². The van der Waals surface area contributed by atoms with Crippen molar-refractivity contribution in [2.24, 2.45) is 5.73 Å². The standard InChI is InChI=1S/C20H25NO2S/c1-16-6-5-7-17(14-16)23-13-4-3-8-18-9-10-19(24-18)11-12-20(2,21)15-22/h5-7,9-10,14,22H,4,11-13,15,21H2,1-2H3. The van der Waals surface area contributed by atoms with Crippen LogP contribution in [0.3, 0.4) is 0 Å². The zero-order chi connectivity index (χ0) is 17.4. The maximum atomic E-state index is 9.19. The second-order valence-electron chi connectivity index (χ2n) is 6.29. The first-order valence-corrected chi connectivity index (χ1v) is 8.97. The summed E-state index contributed by atoms with van der Waals surface area (Å²) in [6, 6.07) is 12.2. The van der Waals surface area contributed by atoms with Crippen LogP contribution in [0.2, 0.25) is 0 Å². The molecule has 0 radical (unpaired) electrons. The summed E-state index contributed by atoms with van der Waals surface area (Å²) in [6.07, 6.45) is 2.34. The minimum atomic E-state index is -0.511. The number of nitrogens with two attached hydrogens (primary N) is 1. The Balaban J connectivity index is 1.75. The highest BCUT2D eigenvalue weighted by atomic mass is 32.1. The summed E-state index contributed by atoms with van der Waals surface area (Å²) < 4.78 is 5.68. The SMILES string of the molecule is Cc1cccc(OCCC#Cc2ccc(CCC(C)(N)CO)s2)c1. The molecule has 0 spiro atoms. The molecule has 0 aliphatic heterocycles. The average molecular weight is 343 g/mol. The second-order valence-corrected chi connectivity index (χ2v) is 7.46. The third-order valence-electron chi connectivity index (χ3n) is 3.66. The van der Waals surface area contributed by atoms with Crippen LogP contribution in [0.5, 0.6) is 5.75 Å². The van der Waals surface area contributed by atoms with Gasteiger partial charge in [0, 0.05) is 16.8 Å². The molecule has 0 bridgehead atoms. The fourth-order valence-corrected chi connectivity index (χ4v) is 3.02. The molecule has 0 fully saturated rings. The third kappa shape index (κ3) is 6.37. The van der Waals surface area contributed by atoms with E-state index in [-0.39, 0.29) is 6.61 Å². The van der Waals surface area contributed by atoms with Crippen LogP contribution >= 0.6 is 11.3 Å². The first-order valence-electron chi connectivity index (χ1n) is 8.15. The minimum Gasteiger partial charge on any atom is -0.493 e. The molecule has 1 heterocycles. The van der Waals surface area contributed by atoms with Gasteiger partial charge in [-0.2, -0.15) is 0 Å². The molecular weight excluding hydrogens is 318 g/mol. The Morgan fingerprint density at radius 1 is 1.29 bits per heavy atom. The lowest BCUT2D eigenvalue weighted by atomic mass is 9.98. The molecule has 1 atom stereocenters. The summed E-state index contributed by atoms with van der Waals surface area (Å²) in [6.45, 7) is 4.52. The summed E-state index contributed by atoms with van der Waals surface area (Å²) in [5, 5.41) is 9.19. The van der Waals surface area contributed by atoms with Crippen LogP contribution in [0.25, 0.3) is 0 Å². The predicted octanol–water partition coefficient (Wildman–Crippen LogP) is 3.52. The lowest BCUT2D eigenvalue weighted by Crippen LogP contribution is -2.40. The Morgan fingerprint density at radius 2 is 2.12 bits per heavy atom. The van der Waals surface area contributed by atoms with Crippen molar-refractivity contribution in [2.45, 2.75) is 38.6 Å². The molecule has 0 aliphatic carbocycles. The fourth-order valence-electron chi connectivity index (χ4n) is 2.14. The van der Waals surface area contributed by atoms with Gasteiger partial charge in [-0.15, -0.1) is 11.3 Å². The van der Waals surface area contributed by atoms with Crippen molar-refractivity contribution in [2.75, 3.05) is 13.2 Å². The lowest BCUT2D eigenvalue weighted by Gasteiger charge is -2.20. The van der Waals surface area contributed by atoms with E-state index >= 15 is 0 Å². The van der Waals surface area contributed by atoms with Crippen LogP contribution in [-0.2, 0) is 6.42 Å². The fraction of sp³-hybridized carbons (Fsp3) is 0.400. The molecule has 3 nitrogen and oxygen atoms in total. The number of aryl methyl sites for hydroxylation is 2. The number of aliphatic hydroxyl groups excluding tert-OH is 1. The minimum absolute atomic E-state index is 0.00593. The van der Waals surface area contributed by atoms with Crippen LogP contribution in [0, 0.1) is 18.8 Å². The van der Waals surface area contributed by atoms with E-state index in [9.17, 15) is 5.11 Å². The molecule has 1 unspecified atom stereocenters. The molecule has 0 aliphatic rings. The Bertz CT molecular complexity index is 710. The molecule has 0 amide bonds. The molecule has 1 aromatic heterocycles. The van der Waals surface area contributed by atoms with E-state index in [1.54, 1.807) is 11.3 Å². The molecule has 4 heteroatoms. The quantitative estimate of drug-likeness (QED) is 0.597. The van der Waals surface area contributed by atoms with Gasteiger partial charge in [0.2, 0.25) is 0 Å². The number of ether oxygens (including phenoxy) is 1. The number of rotatable bonds is 7. The summed E-state index contributed by atoms with van der Waals surface area (Å²) in [5.41, 5.74) is 6.64. The third-order valence-corrected chi connectivity index (χ3v) is 4.72. The van der Waals surface area contributed by atoms with Gasteiger partial charge >= 0.3 is 0 Å². The first-order chi connectivity index (χ1) is 11.5. The number of hydrogen-bond donors (Lipinski definition) is 2. The van der Waals surface area contributed by atoms with Crippen molar-refractivity contribution in [3.05, 3.63) is 51.7 Å². The summed E-state index contributed by atoms with van der Waals surface area (Å²) >= 11 is 1.69. The van der Waals surface area contributed by atoms with Crippen molar-refractivity contribution >= 4 is 11.3 Å². The predicted molar refractivity (Wildman–Crippen MR) is 100 cm³/mol. The van der Waals surface area contributed by atoms with E-state index in [2.05, 4.69) is 30.9 Å². The van der Waals surface area contributed by atoms with Crippen LogP contribution in [-0.4, -0.2) is 23.9 Å². The summed E-state index contributed by atoms with van der Waals surface area (Å²) in [7, 11) is 0. The van der Waals surface area contributed by atoms with Crippen LogP contribution in [0.1, 0.15) is 35.1 Å². The zero-order valence-electron chi connectivity index (χ0n) is 14.3. The second kappa shape index (κ2) is 8.89. The maximum absolute atomic E-state index is 9.19. The smallest absolute Gasteiger partial charge is 0.119 e. The highest BCUT2D eigenvalue weighted by Crippen LogP contribution is 2.19. The summed E-state index contributed by atoms with van der Waals surface area (Å²) in [4.78, 5) is 2.31. The molecule has 0 saturated heterocycles. The largest absolute Gasteiger partial charge is 0.493 e. The maximum Gasteiger partial charge on any atom is 0.119 e. The highest BCUT2D eigenvalue weighted by molar-refractivity contribution is 7.12. The van der Waals surface area contributed by atoms with Crippen molar-refractivity contribution in [1.82, 2.24) is 0 Å². The molecule has 3 N–H and O–H groups in total. The van der Waals surface area contributed by atoms with Gasteiger partial charge in [-0.3, -0.25) is 0 Å². The van der Waals surface area contributed by atoms with E-state index in [0.717, 1.165) is 23.5 Å². The monoisotopic (exact) mass is 343 g/mol. The van der Waals surface area contributed by atoms with Gasteiger partial charge < -0.3 is 15.6 Å². The van der Waals surface area contributed by atoms with Gasteiger partial charge in [-0.1, -0.05) is 24.0 Å². The van der Waals surface area contributed by atoms with E-state index in [1.807, 2.05) is 31.2 Å². The van der Waals surface area contributed by atoms with Gasteiger partial charge in [0.25, 0.3) is 0 Å². The molecule has 2 aromatic rings. The average Bonchev–Trinajstić information content (AvgIpc) is 3.01. The normalized spacial score (nSPS) is 13.0. The van der Waals surface area contributed by atoms with Crippen molar-refractivity contribution in [3.63, 3.8) is 0 Å². The number of hydrogen-bond acceptors (Lipinski definition) is 4. The molecule has 24 heavy (non-hydrogen) atoms. The Morgan fingerprint density at radius 3 is 2.88 bits per heavy atom. The number of aliphatic hydroxyl groups is 1. The molecule has 128 valence electrons. The van der Waals surface area contributed by atoms with E-state index < -0.39 is 5.54 Å². The molecule has 2 rings (SSSR count). The Labute approximate surface area is 148 Å². The van der Waals surface area contributed by atoms with Gasteiger partial charge in [-0.25, -0.2) is 0 Å². The van der Waals surface area contributed by atoms with E-state index in [1.165, 1.54) is 10.4 Å². The van der Waals surface area contributed by atoms with Crippen molar-refractivity contribution in [1.29, 1.82) is 0 Å². The summed E-state index contributed by atoms with van der Waals surface area (Å²) in [5.74, 6) is 7.23. The number of thiophene rings is 1. The van der Waals surface area contributed by atoms with Crippen molar-refractivity contribution in [3.8, 4) is 17.6 Å². The van der Waals surface area contributed by atoms with Gasteiger partial charge in [-0.05, 0) is 56.5 Å². The van der Waals surface area contributed by atoms with Crippen LogP contribution in [0.15, 0.2) is 36.4 Å². The van der Waals surface area contributed by atoms with Crippen LogP contribution < -0.4 is 10.5 Å². The number of benzene rings is 1. The molecule has 1 aromatic carbocycles. The topological polar surface area (TPSA) is 55.5 Å².